The van der Waals surface area contributed by atoms with E-state index in [1.165, 1.54) is 25.8 Å². The Morgan fingerprint density at radius 2 is 1.65 bits per heavy atom. The first-order chi connectivity index (χ1) is 8.40. The van der Waals surface area contributed by atoms with Gasteiger partial charge in [0.1, 0.15) is 0 Å². The Hall–Kier alpha value is 0.0249. The summed E-state index contributed by atoms with van der Waals surface area (Å²) in [6.45, 7) is 1.47. The van der Waals surface area contributed by atoms with Crippen LogP contribution in [0.2, 0.25) is 18.5 Å². The van der Waals surface area contributed by atoms with Gasteiger partial charge in [-0.1, -0.05) is 50.9 Å². The zero-order valence-electron chi connectivity index (χ0n) is 11.2. The molecule has 0 aromatic carbocycles. The van der Waals surface area contributed by atoms with Crippen molar-refractivity contribution in [2.75, 3.05) is 6.54 Å². The average Bonchev–Trinajstić information content (AvgIpc) is 2.95. The second kappa shape index (κ2) is 4.01. The lowest BCUT2D eigenvalue weighted by molar-refractivity contribution is 0.286. The van der Waals surface area contributed by atoms with E-state index in [9.17, 15) is 0 Å². The normalized spacial score (nSPS) is 50.5. The molecule has 0 N–H and O–H groups in total. The molecule has 4 fully saturated rings. The molecule has 3 aliphatic heterocycles. The third-order valence-electron chi connectivity index (χ3n) is 7.13. The maximum absolute atomic E-state index is 3.07. The van der Waals surface area contributed by atoms with Crippen LogP contribution in [0.3, 0.4) is 0 Å². The van der Waals surface area contributed by atoms with E-state index < -0.39 is 0 Å². The van der Waals surface area contributed by atoms with E-state index in [0.29, 0.717) is 0 Å². The van der Waals surface area contributed by atoms with Gasteiger partial charge in [0.05, 0.1) is 6.28 Å². The number of rotatable bonds is 0. The standard InChI is InChI=1S/C15H27BN/c1-2-8-15-13(5-1)6-3-10-16(15)11-9-14-7-4-12-17(14)16/h13-15H,1-12H2/q-1/t13-,14-,15?,16?/m0/s1. The molecule has 3 saturated heterocycles. The minimum Gasteiger partial charge on any atom is -0.472 e. The molecule has 4 rings (SSSR count). The number of hydrogen-bond acceptors (Lipinski definition) is 1. The first-order valence-electron chi connectivity index (χ1n) is 8.36. The van der Waals surface area contributed by atoms with Gasteiger partial charge in [-0.3, -0.25) is 0 Å². The molecule has 0 aromatic rings. The number of nitrogens with zero attached hydrogens (tertiary/aromatic N) is 1. The lowest BCUT2D eigenvalue weighted by atomic mass is 9.19. The summed E-state index contributed by atoms with van der Waals surface area (Å²) in [4.78, 5) is 3.07. The van der Waals surface area contributed by atoms with Crippen molar-refractivity contribution in [2.24, 2.45) is 5.92 Å². The van der Waals surface area contributed by atoms with Crippen LogP contribution in [0.15, 0.2) is 0 Å². The monoisotopic (exact) mass is 232 g/mol. The minimum absolute atomic E-state index is 0.0559. The van der Waals surface area contributed by atoms with Crippen LogP contribution >= 0.6 is 0 Å². The fraction of sp³-hybridized carbons (Fsp3) is 1.00. The zero-order chi connectivity index (χ0) is 11.3. The third-order valence-corrected chi connectivity index (χ3v) is 7.13. The fourth-order valence-electron chi connectivity index (χ4n) is 6.62. The van der Waals surface area contributed by atoms with Gasteiger partial charge in [0.2, 0.25) is 0 Å². The first-order valence-corrected chi connectivity index (χ1v) is 8.36. The van der Waals surface area contributed by atoms with Crippen molar-refractivity contribution < 1.29 is 0 Å². The van der Waals surface area contributed by atoms with Crippen LogP contribution in [-0.2, 0) is 0 Å². The van der Waals surface area contributed by atoms with Gasteiger partial charge in [-0.25, -0.2) is 0 Å². The van der Waals surface area contributed by atoms with Gasteiger partial charge in [-0.2, -0.15) is 12.6 Å². The van der Waals surface area contributed by atoms with Gasteiger partial charge in [0.15, 0.2) is 0 Å². The quantitative estimate of drug-likeness (QED) is 0.567. The summed E-state index contributed by atoms with van der Waals surface area (Å²) in [6, 6.07) is 1.02. The molecule has 1 saturated carbocycles. The van der Waals surface area contributed by atoms with Crippen molar-refractivity contribution in [2.45, 2.75) is 82.3 Å². The van der Waals surface area contributed by atoms with Crippen LogP contribution < -0.4 is 0 Å². The van der Waals surface area contributed by atoms with E-state index >= 15 is 0 Å². The molecular formula is C15H27BN-. The van der Waals surface area contributed by atoms with E-state index in [1.807, 2.05) is 0 Å². The lowest BCUT2D eigenvalue weighted by Gasteiger charge is -2.59. The van der Waals surface area contributed by atoms with Crippen molar-refractivity contribution in [3.63, 3.8) is 0 Å². The molecule has 4 aliphatic rings. The van der Waals surface area contributed by atoms with E-state index in [0.717, 1.165) is 17.8 Å². The van der Waals surface area contributed by atoms with Crippen LogP contribution in [-0.4, -0.2) is 23.7 Å². The highest BCUT2D eigenvalue weighted by molar-refractivity contribution is 6.79. The Kier molecular flexibility index (Phi) is 2.57. The second-order valence-electron chi connectivity index (χ2n) is 7.52. The molecule has 0 amide bonds. The summed E-state index contributed by atoms with van der Waals surface area (Å²) in [7, 11) is 0. The third kappa shape index (κ3) is 1.49. The molecule has 2 heteroatoms. The van der Waals surface area contributed by atoms with Crippen molar-refractivity contribution in [1.82, 2.24) is 4.81 Å². The summed E-state index contributed by atoms with van der Waals surface area (Å²) in [5.74, 6) is 2.29. The molecule has 4 atom stereocenters. The molecule has 2 unspecified atom stereocenters. The molecule has 1 aliphatic carbocycles. The summed E-state index contributed by atoms with van der Waals surface area (Å²) >= 11 is 0. The van der Waals surface area contributed by atoms with Gasteiger partial charge >= 0.3 is 0 Å². The smallest absolute Gasteiger partial charge is 0.0659 e. The molecule has 96 valence electrons. The molecular weight excluding hydrogens is 205 g/mol. The zero-order valence-corrected chi connectivity index (χ0v) is 11.2. The average molecular weight is 232 g/mol. The molecule has 3 heterocycles. The Morgan fingerprint density at radius 3 is 2.65 bits per heavy atom. The van der Waals surface area contributed by atoms with Gasteiger partial charge < -0.3 is 4.81 Å². The van der Waals surface area contributed by atoms with Gasteiger partial charge in [-0.05, 0) is 25.4 Å². The van der Waals surface area contributed by atoms with E-state index in [4.69, 9.17) is 0 Å². The summed E-state index contributed by atoms with van der Waals surface area (Å²) in [5, 5.41) is 0. The minimum atomic E-state index is -0.0559. The lowest BCUT2D eigenvalue weighted by Crippen LogP contribution is -2.57. The van der Waals surface area contributed by atoms with E-state index in [-0.39, 0.29) is 6.28 Å². The Bertz CT molecular complexity index is 299. The van der Waals surface area contributed by atoms with Crippen molar-refractivity contribution in [3.8, 4) is 0 Å². The second-order valence-corrected chi connectivity index (χ2v) is 7.52. The SMILES string of the molecule is C1CC[C@H]2CCC[B-]3(CC[C@@H]4CCCN43)C2C1. The Balaban J connectivity index is 1.66. The molecule has 1 spiro atoms. The molecule has 0 bridgehead atoms. The van der Waals surface area contributed by atoms with Crippen molar-refractivity contribution >= 4 is 6.28 Å². The maximum Gasteiger partial charge on any atom is 0.0659 e. The summed E-state index contributed by atoms with van der Waals surface area (Å²) < 4.78 is 0. The van der Waals surface area contributed by atoms with Crippen LogP contribution in [0.4, 0.5) is 0 Å². The van der Waals surface area contributed by atoms with Crippen LogP contribution in [0, 0.1) is 5.92 Å². The van der Waals surface area contributed by atoms with Gasteiger partial charge in [-0.15, -0.1) is 5.82 Å². The highest BCUT2D eigenvalue weighted by Crippen LogP contribution is 2.57. The van der Waals surface area contributed by atoms with Gasteiger partial charge in [0.25, 0.3) is 0 Å². The van der Waals surface area contributed by atoms with E-state index in [1.54, 1.807) is 51.2 Å². The predicted molar refractivity (Wildman–Crippen MR) is 74.7 cm³/mol. The van der Waals surface area contributed by atoms with E-state index in [2.05, 4.69) is 4.81 Å². The summed E-state index contributed by atoms with van der Waals surface area (Å²) in [5.41, 5.74) is 0. The fourth-order valence-corrected chi connectivity index (χ4v) is 6.62. The highest BCUT2D eigenvalue weighted by atomic mass is 15.2. The van der Waals surface area contributed by atoms with Gasteiger partial charge in [0, 0.05) is 0 Å². The van der Waals surface area contributed by atoms with Crippen LogP contribution in [0.25, 0.3) is 0 Å². The topological polar surface area (TPSA) is 3.24 Å². The number of hydrogen-bond donors (Lipinski definition) is 0. The maximum atomic E-state index is 3.07. The van der Waals surface area contributed by atoms with Crippen LogP contribution in [0.1, 0.15) is 57.8 Å². The summed E-state index contributed by atoms with van der Waals surface area (Å²) in [6.07, 6.45) is 17.1. The first kappa shape index (κ1) is 10.9. The Morgan fingerprint density at radius 1 is 0.765 bits per heavy atom. The largest absolute Gasteiger partial charge is 0.472 e. The molecule has 0 aromatic heterocycles. The highest BCUT2D eigenvalue weighted by Gasteiger charge is 2.49. The molecule has 17 heavy (non-hydrogen) atoms. The van der Waals surface area contributed by atoms with Crippen LogP contribution in [0.5, 0.6) is 0 Å². The molecule has 0 radical (unpaired) electrons. The van der Waals surface area contributed by atoms with Crippen molar-refractivity contribution in [1.29, 1.82) is 0 Å². The predicted octanol–water partition coefficient (Wildman–Crippen LogP) is 4.15. The Labute approximate surface area is 106 Å². The number of fused-ring (bicyclic) bond motifs is 4. The molecule has 1 nitrogen and oxygen atoms in total. The van der Waals surface area contributed by atoms with Crippen molar-refractivity contribution in [3.05, 3.63) is 0 Å².